The van der Waals surface area contributed by atoms with Crippen LogP contribution in [0.4, 0.5) is 4.79 Å². The second-order valence-electron chi connectivity index (χ2n) is 10.5. The molecule has 0 bridgehead atoms. The fraction of sp³-hybridized carbons (Fsp3) is 0.483. The van der Waals surface area contributed by atoms with Crippen LogP contribution in [0.3, 0.4) is 0 Å². The van der Waals surface area contributed by atoms with E-state index in [-0.39, 0.29) is 75.7 Å². The molecule has 1 aliphatic heterocycles. The lowest BCUT2D eigenvalue weighted by atomic mass is 10.1. The van der Waals surface area contributed by atoms with Gasteiger partial charge in [0, 0.05) is 44.7 Å². The number of benzene rings is 1. The van der Waals surface area contributed by atoms with Crippen molar-refractivity contribution in [3.8, 4) is 11.6 Å². The molecular formula is C29H37N7O9. The van der Waals surface area contributed by atoms with Crippen molar-refractivity contribution in [2.24, 2.45) is 0 Å². The Bertz CT molecular complexity index is 1390. The normalized spacial score (nSPS) is 15.0. The lowest BCUT2D eigenvalue weighted by Gasteiger charge is -2.35. The van der Waals surface area contributed by atoms with Gasteiger partial charge in [0.2, 0.25) is 17.7 Å². The number of carboxylic acid groups (broad SMARTS) is 1. The zero-order chi connectivity index (χ0) is 32.3. The minimum atomic E-state index is -1.18. The van der Waals surface area contributed by atoms with E-state index in [1.165, 1.54) is 20.5 Å². The van der Waals surface area contributed by atoms with Gasteiger partial charge in [-0.25, -0.2) is 9.48 Å². The summed E-state index contributed by atoms with van der Waals surface area (Å²) in [5.41, 5.74) is 0.382. The minimum absolute atomic E-state index is 0.0485. The average molecular weight is 628 g/mol. The Kier molecular flexibility index (Phi) is 11.3. The molecule has 2 aromatic rings. The first-order chi connectivity index (χ1) is 21.6. The quantitative estimate of drug-likeness (QED) is 0.219. The van der Waals surface area contributed by atoms with Crippen molar-refractivity contribution in [1.29, 1.82) is 0 Å². The monoisotopic (exact) mass is 627 g/mol. The van der Waals surface area contributed by atoms with Gasteiger partial charge in [-0.2, -0.15) is 5.10 Å². The van der Waals surface area contributed by atoms with Crippen molar-refractivity contribution in [2.45, 2.75) is 44.7 Å². The highest BCUT2D eigenvalue weighted by Crippen LogP contribution is 2.20. The number of amides is 5. The van der Waals surface area contributed by atoms with Crippen LogP contribution in [-0.4, -0.2) is 118 Å². The third-order valence-corrected chi connectivity index (χ3v) is 7.02. The van der Waals surface area contributed by atoms with Gasteiger partial charge in [-0.15, -0.1) is 0 Å². The largest absolute Gasteiger partial charge is 0.481 e. The number of rotatable bonds is 14. The molecule has 0 radical (unpaired) electrons. The number of aromatic nitrogens is 2. The van der Waals surface area contributed by atoms with E-state index < -0.39 is 42.4 Å². The van der Waals surface area contributed by atoms with Crippen molar-refractivity contribution < 1.29 is 43.3 Å². The molecule has 242 valence electrons. The molecule has 16 heteroatoms. The summed E-state index contributed by atoms with van der Waals surface area (Å²) >= 11 is 0. The van der Waals surface area contributed by atoms with Gasteiger partial charge < -0.3 is 40.3 Å². The molecule has 4 rings (SSSR count). The van der Waals surface area contributed by atoms with E-state index >= 15 is 0 Å². The molecule has 4 N–H and O–H groups in total. The molecule has 1 saturated heterocycles. The van der Waals surface area contributed by atoms with Crippen molar-refractivity contribution in [3.63, 3.8) is 0 Å². The predicted molar refractivity (Wildman–Crippen MR) is 157 cm³/mol. The SMILES string of the molecule is CCOC(=O)N1CCN(C(=O)C(CCC(=O)O)NC(=O)c2cc(OCC(=O)NCC(=O)NC3CC3)n(-c3ccccc3)n2)CC1. The molecule has 2 heterocycles. The Labute approximate surface area is 259 Å². The molecule has 2 fully saturated rings. The number of para-hydroxylation sites is 1. The van der Waals surface area contributed by atoms with Gasteiger partial charge in [-0.3, -0.25) is 24.0 Å². The molecule has 1 unspecified atom stereocenters. The van der Waals surface area contributed by atoms with Crippen LogP contribution in [0.1, 0.15) is 43.1 Å². The first-order valence-corrected chi connectivity index (χ1v) is 14.7. The second kappa shape index (κ2) is 15.5. The number of carboxylic acids is 1. The van der Waals surface area contributed by atoms with Crippen LogP contribution in [0.15, 0.2) is 36.4 Å². The fourth-order valence-electron chi connectivity index (χ4n) is 4.51. The number of carbonyl (C=O) groups is 6. The van der Waals surface area contributed by atoms with E-state index in [9.17, 15) is 33.9 Å². The molecule has 1 aromatic heterocycles. The van der Waals surface area contributed by atoms with Gasteiger partial charge in [0.15, 0.2) is 12.3 Å². The van der Waals surface area contributed by atoms with Gasteiger partial charge in [0.05, 0.1) is 18.8 Å². The molecule has 0 spiro atoms. The molecule has 2 aliphatic rings. The van der Waals surface area contributed by atoms with Crippen LogP contribution in [0.25, 0.3) is 5.69 Å². The Morgan fingerprint density at radius 1 is 1.00 bits per heavy atom. The number of piperazine rings is 1. The van der Waals surface area contributed by atoms with E-state index in [4.69, 9.17) is 9.47 Å². The van der Waals surface area contributed by atoms with Crippen molar-refractivity contribution >= 4 is 35.7 Å². The van der Waals surface area contributed by atoms with E-state index in [2.05, 4.69) is 21.0 Å². The number of nitrogens with zero attached hydrogens (tertiary/aromatic N) is 4. The van der Waals surface area contributed by atoms with E-state index in [0.717, 1.165) is 12.8 Å². The van der Waals surface area contributed by atoms with Gasteiger partial charge in [0.25, 0.3) is 11.8 Å². The van der Waals surface area contributed by atoms with Crippen LogP contribution in [0, 0.1) is 0 Å². The summed E-state index contributed by atoms with van der Waals surface area (Å²) in [5, 5.41) is 21.4. The molecule has 1 saturated carbocycles. The summed E-state index contributed by atoms with van der Waals surface area (Å²) in [4.78, 5) is 77.2. The van der Waals surface area contributed by atoms with Crippen LogP contribution in [0.5, 0.6) is 5.88 Å². The first kappa shape index (κ1) is 32.8. The summed E-state index contributed by atoms with van der Waals surface area (Å²) in [5.74, 6) is -3.20. The molecule has 1 aromatic carbocycles. The van der Waals surface area contributed by atoms with Gasteiger partial charge in [0.1, 0.15) is 6.04 Å². The summed E-state index contributed by atoms with van der Waals surface area (Å²) in [6, 6.07) is 8.97. The highest BCUT2D eigenvalue weighted by Gasteiger charge is 2.32. The average Bonchev–Trinajstić information content (AvgIpc) is 3.75. The number of hydrogen-bond donors (Lipinski definition) is 4. The van der Waals surface area contributed by atoms with E-state index in [1.54, 1.807) is 37.3 Å². The summed E-state index contributed by atoms with van der Waals surface area (Å²) < 4.78 is 12.0. The first-order valence-electron chi connectivity index (χ1n) is 14.7. The zero-order valence-corrected chi connectivity index (χ0v) is 24.9. The Morgan fingerprint density at radius 2 is 1.69 bits per heavy atom. The van der Waals surface area contributed by atoms with Crippen molar-refractivity contribution in [1.82, 2.24) is 35.5 Å². The topological polar surface area (TPSA) is 202 Å². The van der Waals surface area contributed by atoms with Crippen LogP contribution in [-0.2, 0) is 23.9 Å². The van der Waals surface area contributed by atoms with Crippen molar-refractivity contribution in [2.75, 3.05) is 45.9 Å². The summed E-state index contributed by atoms with van der Waals surface area (Å²) in [7, 11) is 0. The maximum absolute atomic E-state index is 13.4. The Morgan fingerprint density at radius 3 is 2.33 bits per heavy atom. The predicted octanol–water partition coefficient (Wildman–Crippen LogP) is -0.0902. The minimum Gasteiger partial charge on any atom is -0.481 e. The third kappa shape index (κ3) is 9.67. The smallest absolute Gasteiger partial charge is 0.409 e. The maximum atomic E-state index is 13.4. The highest BCUT2D eigenvalue weighted by molar-refractivity contribution is 5.96. The third-order valence-electron chi connectivity index (χ3n) is 7.02. The number of aliphatic carboxylic acids is 1. The standard InChI is InChI=1S/C29H37N7O9/c1-2-44-29(43)35-14-12-34(13-15-35)28(42)21(10-11-26(39)40)32-27(41)22-16-25(36(33-22)20-6-4-3-5-7-20)45-18-24(38)30-17-23(37)31-19-8-9-19/h3-7,16,19,21H,2,8-15,17-18H2,1H3,(H,30,38)(H,31,37)(H,32,41)(H,39,40). The Balaban J connectivity index is 1.43. The van der Waals surface area contributed by atoms with Crippen LogP contribution < -0.4 is 20.7 Å². The second-order valence-corrected chi connectivity index (χ2v) is 10.5. The van der Waals surface area contributed by atoms with Crippen LogP contribution in [0.2, 0.25) is 0 Å². The number of carbonyl (C=O) groups excluding carboxylic acids is 5. The molecule has 16 nitrogen and oxygen atoms in total. The number of nitrogens with one attached hydrogen (secondary N) is 3. The van der Waals surface area contributed by atoms with E-state index in [0.29, 0.717) is 5.69 Å². The van der Waals surface area contributed by atoms with Gasteiger partial charge in [-0.1, -0.05) is 18.2 Å². The molecular weight excluding hydrogens is 590 g/mol. The van der Waals surface area contributed by atoms with Gasteiger partial charge in [-0.05, 0) is 38.3 Å². The van der Waals surface area contributed by atoms with Crippen molar-refractivity contribution in [3.05, 3.63) is 42.1 Å². The summed E-state index contributed by atoms with van der Waals surface area (Å²) in [6.45, 7) is 2.07. The molecule has 1 atom stereocenters. The molecule has 5 amide bonds. The Hall–Kier alpha value is -5.15. The number of hydrogen-bond acceptors (Lipinski definition) is 9. The number of ether oxygens (including phenoxy) is 2. The lowest BCUT2D eigenvalue weighted by molar-refractivity contribution is -0.138. The molecule has 1 aliphatic carbocycles. The molecule has 45 heavy (non-hydrogen) atoms. The fourth-order valence-corrected chi connectivity index (χ4v) is 4.51. The summed E-state index contributed by atoms with van der Waals surface area (Å²) in [6.07, 6.45) is 0.814. The highest BCUT2D eigenvalue weighted by atomic mass is 16.6. The van der Waals surface area contributed by atoms with E-state index in [1.807, 2.05) is 0 Å². The lowest BCUT2D eigenvalue weighted by Crippen LogP contribution is -2.56. The van der Waals surface area contributed by atoms with Gasteiger partial charge >= 0.3 is 12.1 Å². The van der Waals surface area contributed by atoms with Crippen LogP contribution >= 0.6 is 0 Å². The maximum Gasteiger partial charge on any atom is 0.409 e. The zero-order valence-electron chi connectivity index (χ0n) is 24.9.